The molecule has 1 heterocycles. The van der Waals surface area contributed by atoms with Gasteiger partial charge < -0.3 is 15.4 Å². The molecular weight excluding hydrogens is 389 g/mol. The number of halogens is 2. The summed E-state index contributed by atoms with van der Waals surface area (Å²) in [6.45, 7) is 3.31. The number of ether oxygens (including phenoxy) is 1. The maximum absolute atomic E-state index is 12.1. The zero-order valence-corrected chi connectivity index (χ0v) is 16.4. The molecule has 8 heteroatoms. The number of carbonyl (C=O) groups excluding carboxylic acids is 2. The minimum Gasteiger partial charge on any atom is -0.494 e. The van der Waals surface area contributed by atoms with Gasteiger partial charge in [-0.2, -0.15) is 0 Å². The number of hydrogen-bond donors (Lipinski definition) is 2. The molecule has 0 radical (unpaired) electrons. The number of Topliss-reactive ketones (excluding diaryl/α,β-unsaturated/α-hetero) is 1. The van der Waals surface area contributed by atoms with Crippen molar-refractivity contribution in [2.45, 2.75) is 19.8 Å². The van der Waals surface area contributed by atoms with E-state index in [1.165, 1.54) is 6.20 Å². The molecule has 27 heavy (non-hydrogen) atoms. The number of ketones is 1. The van der Waals surface area contributed by atoms with Crippen LogP contribution in [0.25, 0.3) is 0 Å². The second-order valence-corrected chi connectivity index (χ2v) is 6.48. The van der Waals surface area contributed by atoms with Gasteiger partial charge in [0.1, 0.15) is 11.6 Å². The van der Waals surface area contributed by atoms with Gasteiger partial charge in [-0.05, 0) is 37.3 Å². The summed E-state index contributed by atoms with van der Waals surface area (Å²) < 4.78 is 5.34. The molecule has 0 atom stereocenters. The summed E-state index contributed by atoms with van der Waals surface area (Å²) >= 11 is 11.8. The van der Waals surface area contributed by atoms with Gasteiger partial charge in [0.2, 0.25) is 5.91 Å². The minimum absolute atomic E-state index is 0.0801. The first-order valence-electron chi connectivity index (χ1n) is 8.57. The Hall–Kier alpha value is -2.31. The summed E-state index contributed by atoms with van der Waals surface area (Å²) in [5.41, 5.74) is 0.566. The zero-order valence-electron chi connectivity index (χ0n) is 14.9. The Balaban J connectivity index is 1.67. The third-order valence-electron chi connectivity index (χ3n) is 3.61. The van der Waals surface area contributed by atoms with Crippen molar-refractivity contribution in [1.29, 1.82) is 0 Å². The van der Waals surface area contributed by atoms with Gasteiger partial charge in [-0.3, -0.25) is 9.59 Å². The van der Waals surface area contributed by atoms with E-state index in [1.54, 1.807) is 30.3 Å². The molecule has 0 saturated heterocycles. The Labute approximate surface area is 168 Å². The predicted octanol–water partition coefficient (Wildman–Crippen LogP) is 3.98. The molecule has 0 bridgehead atoms. The highest BCUT2D eigenvalue weighted by atomic mass is 35.5. The maximum atomic E-state index is 12.1. The number of amides is 1. The Morgan fingerprint density at radius 3 is 2.52 bits per heavy atom. The number of aromatic nitrogens is 1. The first kappa shape index (κ1) is 21.0. The van der Waals surface area contributed by atoms with Crippen molar-refractivity contribution in [1.82, 2.24) is 10.3 Å². The Morgan fingerprint density at radius 1 is 1.11 bits per heavy atom. The topological polar surface area (TPSA) is 80.3 Å². The largest absolute Gasteiger partial charge is 0.494 e. The minimum atomic E-state index is -0.189. The monoisotopic (exact) mass is 409 g/mol. The van der Waals surface area contributed by atoms with E-state index in [-0.39, 0.29) is 24.5 Å². The summed E-state index contributed by atoms with van der Waals surface area (Å²) in [6, 6.07) is 8.50. The predicted molar refractivity (Wildman–Crippen MR) is 107 cm³/mol. The third-order valence-corrected chi connectivity index (χ3v) is 4.11. The molecule has 0 aliphatic heterocycles. The van der Waals surface area contributed by atoms with Crippen LogP contribution in [-0.2, 0) is 4.79 Å². The molecule has 0 saturated carbocycles. The molecule has 0 unspecified atom stereocenters. The van der Waals surface area contributed by atoms with Gasteiger partial charge in [-0.1, -0.05) is 23.2 Å². The highest BCUT2D eigenvalue weighted by molar-refractivity contribution is 6.35. The molecule has 2 N–H and O–H groups in total. The third kappa shape index (κ3) is 7.07. The van der Waals surface area contributed by atoms with Crippen LogP contribution in [0.2, 0.25) is 10.0 Å². The fourth-order valence-corrected chi connectivity index (χ4v) is 2.74. The van der Waals surface area contributed by atoms with Crippen LogP contribution in [0.1, 0.15) is 30.1 Å². The first-order chi connectivity index (χ1) is 13.0. The molecule has 0 aliphatic rings. The van der Waals surface area contributed by atoms with E-state index >= 15 is 0 Å². The van der Waals surface area contributed by atoms with E-state index in [0.29, 0.717) is 41.1 Å². The van der Waals surface area contributed by atoms with Crippen molar-refractivity contribution < 1.29 is 14.3 Å². The normalized spacial score (nSPS) is 10.3. The summed E-state index contributed by atoms with van der Waals surface area (Å²) in [4.78, 5) is 28.1. The molecule has 0 fully saturated rings. The summed E-state index contributed by atoms with van der Waals surface area (Å²) in [6.07, 6.45) is 1.77. The number of nitrogens with one attached hydrogen (secondary N) is 2. The quantitative estimate of drug-likeness (QED) is 0.458. The standard InChI is InChI=1S/C19H21Cl2N3O3/c1-2-27-15-5-3-13(4-6-15)17(25)7-8-18(26)22-9-10-23-19-16(21)11-14(20)12-24-19/h3-6,11-12H,2,7-10H2,1H3,(H,22,26)(H,23,24). The fourth-order valence-electron chi connectivity index (χ4n) is 2.29. The van der Waals surface area contributed by atoms with E-state index in [4.69, 9.17) is 27.9 Å². The molecule has 0 spiro atoms. The van der Waals surface area contributed by atoms with Gasteiger partial charge in [0.15, 0.2) is 5.78 Å². The van der Waals surface area contributed by atoms with Gasteiger partial charge in [-0.15, -0.1) is 0 Å². The van der Waals surface area contributed by atoms with Crippen LogP contribution in [0.15, 0.2) is 36.5 Å². The Bertz CT molecular complexity index is 782. The van der Waals surface area contributed by atoms with Crippen LogP contribution in [0.3, 0.4) is 0 Å². The Kier molecular flexibility index (Phi) is 8.36. The van der Waals surface area contributed by atoms with Gasteiger partial charge in [0.25, 0.3) is 0 Å². The van der Waals surface area contributed by atoms with Crippen molar-refractivity contribution in [3.8, 4) is 5.75 Å². The molecule has 2 aromatic rings. The lowest BCUT2D eigenvalue weighted by molar-refractivity contribution is -0.120. The van der Waals surface area contributed by atoms with Gasteiger partial charge in [-0.25, -0.2) is 4.98 Å². The van der Waals surface area contributed by atoms with Crippen LogP contribution in [-0.4, -0.2) is 36.4 Å². The number of benzene rings is 1. The van der Waals surface area contributed by atoms with Crippen molar-refractivity contribution in [2.24, 2.45) is 0 Å². The van der Waals surface area contributed by atoms with E-state index in [0.717, 1.165) is 5.75 Å². The molecule has 0 aliphatic carbocycles. The van der Waals surface area contributed by atoms with Crippen LogP contribution in [0.5, 0.6) is 5.75 Å². The molecule has 144 valence electrons. The summed E-state index contributed by atoms with van der Waals surface area (Å²) in [5, 5.41) is 6.62. The number of hydrogen-bond acceptors (Lipinski definition) is 5. The average Bonchev–Trinajstić information content (AvgIpc) is 2.65. The Morgan fingerprint density at radius 2 is 1.85 bits per heavy atom. The molecule has 6 nitrogen and oxygen atoms in total. The van der Waals surface area contributed by atoms with Crippen molar-refractivity contribution in [3.05, 3.63) is 52.1 Å². The summed E-state index contributed by atoms with van der Waals surface area (Å²) in [5.74, 6) is 0.949. The van der Waals surface area contributed by atoms with Crippen LogP contribution in [0.4, 0.5) is 5.82 Å². The summed E-state index contributed by atoms with van der Waals surface area (Å²) in [7, 11) is 0. The van der Waals surface area contributed by atoms with Crippen molar-refractivity contribution >= 4 is 40.7 Å². The molecule has 1 aromatic heterocycles. The van der Waals surface area contributed by atoms with Crippen LogP contribution in [0, 0.1) is 0 Å². The fraction of sp³-hybridized carbons (Fsp3) is 0.316. The lowest BCUT2D eigenvalue weighted by Gasteiger charge is -2.09. The second kappa shape index (κ2) is 10.7. The maximum Gasteiger partial charge on any atom is 0.220 e. The second-order valence-electron chi connectivity index (χ2n) is 5.64. The van der Waals surface area contributed by atoms with E-state index in [1.807, 2.05) is 6.92 Å². The molecule has 2 rings (SSSR count). The number of carbonyl (C=O) groups is 2. The number of anilines is 1. The molecular formula is C19H21Cl2N3O3. The number of pyridine rings is 1. The highest BCUT2D eigenvalue weighted by Crippen LogP contribution is 2.22. The zero-order chi connectivity index (χ0) is 19.6. The van der Waals surface area contributed by atoms with Crippen molar-refractivity contribution in [3.63, 3.8) is 0 Å². The van der Waals surface area contributed by atoms with Gasteiger partial charge in [0, 0.05) is 37.7 Å². The SMILES string of the molecule is CCOc1ccc(C(=O)CCC(=O)NCCNc2ncc(Cl)cc2Cl)cc1. The number of rotatable bonds is 10. The van der Waals surface area contributed by atoms with E-state index < -0.39 is 0 Å². The first-order valence-corrected chi connectivity index (χ1v) is 9.33. The van der Waals surface area contributed by atoms with Gasteiger partial charge in [0.05, 0.1) is 16.7 Å². The van der Waals surface area contributed by atoms with E-state index in [9.17, 15) is 9.59 Å². The van der Waals surface area contributed by atoms with Crippen LogP contribution < -0.4 is 15.4 Å². The van der Waals surface area contributed by atoms with Gasteiger partial charge >= 0.3 is 0 Å². The highest BCUT2D eigenvalue weighted by Gasteiger charge is 2.09. The average molecular weight is 410 g/mol. The van der Waals surface area contributed by atoms with Crippen molar-refractivity contribution in [2.75, 3.05) is 25.0 Å². The smallest absolute Gasteiger partial charge is 0.220 e. The molecule has 1 amide bonds. The lowest BCUT2D eigenvalue weighted by Crippen LogP contribution is -2.29. The van der Waals surface area contributed by atoms with Crippen LogP contribution >= 0.6 is 23.2 Å². The van der Waals surface area contributed by atoms with E-state index in [2.05, 4.69) is 15.6 Å². The lowest BCUT2D eigenvalue weighted by atomic mass is 10.1. The molecule has 1 aromatic carbocycles. The number of nitrogens with zero attached hydrogens (tertiary/aromatic N) is 1.